The minimum atomic E-state index is -4.53. The maximum Gasteiger partial charge on any atom is 0.416 e. The third kappa shape index (κ3) is 3.77. The fraction of sp³-hybridized carbons (Fsp3) is 0.167. The molecule has 0 unspecified atom stereocenters. The minimum absolute atomic E-state index is 0.0186. The van der Waals surface area contributed by atoms with Crippen molar-refractivity contribution in [2.45, 2.75) is 12.6 Å². The summed E-state index contributed by atoms with van der Waals surface area (Å²) in [6, 6.07) is 7.90. The quantitative estimate of drug-likeness (QED) is 0.665. The van der Waals surface area contributed by atoms with Crippen molar-refractivity contribution in [3.8, 4) is 5.75 Å². The summed E-state index contributed by atoms with van der Waals surface area (Å²) in [7, 11) is 1.52. The summed E-state index contributed by atoms with van der Waals surface area (Å²) in [5.74, 6) is 0.0817. The first-order valence-corrected chi connectivity index (χ1v) is 7.86. The van der Waals surface area contributed by atoms with Crippen molar-refractivity contribution in [1.29, 1.82) is 0 Å². The van der Waals surface area contributed by atoms with Crippen molar-refractivity contribution in [2.24, 2.45) is 0 Å². The number of halogens is 4. The summed E-state index contributed by atoms with van der Waals surface area (Å²) in [6.45, 7) is 0. The lowest BCUT2D eigenvalue weighted by atomic mass is 10.1. The lowest BCUT2D eigenvalue weighted by Gasteiger charge is -2.11. The standard InChI is InChI=1S/C18H13ClF3NO3/c1-25-12-3-5-16-13(8-12)10(9-26-16)6-17(24)23-15-7-11(18(20,21)22)2-4-14(15)19/h2-5,7-9H,6H2,1H3,(H,23,24). The molecule has 1 amide bonds. The van der Waals surface area contributed by atoms with Crippen molar-refractivity contribution in [3.05, 3.63) is 58.8 Å². The molecule has 3 rings (SSSR count). The van der Waals surface area contributed by atoms with E-state index in [-0.39, 0.29) is 17.1 Å². The first-order valence-electron chi connectivity index (χ1n) is 7.48. The average molecular weight is 384 g/mol. The first-order chi connectivity index (χ1) is 12.3. The Morgan fingerprint density at radius 3 is 2.69 bits per heavy atom. The van der Waals surface area contributed by atoms with Gasteiger partial charge in [0.1, 0.15) is 11.3 Å². The zero-order chi connectivity index (χ0) is 18.9. The van der Waals surface area contributed by atoms with Crippen LogP contribution < -0.4 is 10.1 Å². The van der Waals surface area contributed by atoms with E-state index in [1.165, 1.54) is 13.4 Å². The van der Waals surface area contributed by atoms with Gasteiger partial charge in [0.05, 0.1) is 36.1 Å². The number of alkyl halides is 3. The molecule has 0 spiro atoms. The molecule has 1 N–H and O–H groups in total. The normalized spacial score (nSPS) is 11.6. The Morgan fingerprint density at radius 1 is 1.23 bits per heavy atom. The maximum absolute atomic E-state index is 12.8. The van der Waals surface area contributed by atoms with Crippen LogP contribution in [-0.4, -0.2) is 13.0 Å². The second-order valence-electron chi connectivity index (χ2n) is 5.54. The Labute approximate surface area is 151 Å². The van der Waals surface area contributed by atoms with Gasteiger partial charge in [0.2, 0.25) is 5.91 Å². The van der Waals surface area contributed by atoms with Gasteiger partial charge in [-0.3, -0.25) is 4.79 Å². The van der Waals surface area contributed by atoms with Crippen molar-refractivity contribution in [1.82, 2.24) is 0 Å². The van der Waals surface area contributed by atoms with Gasteiger partial charge in [-0.15, -0.1) is 0 Å². The van der Waals surface area contributed by atoms with Crippen molar-refractivity contribution < 1.29 is 27.1 Å². The molecule has 0 atom stereocenters. The SMILES string of the molecule is COc1ccc2occ(CC(=O)Nc3cc(C(F)(F)F)ccc3Cl)c2c1. The molecule has 0 radical (unpaired) electrons. The van der Waals surface area contributed by atoms with Gasteiger partial charge >= 0.3 is 6.18 Å². The lowest BCUT2D eigenvalue weighted by Crippen LogP contribution is -2.15. The molecule has 0 saturated carbocycles. The Hall–Kier alpha value is -2.67. The number of hydrogen-bond donors (Lipinski definition) is 1. The van der Waals surface area contributed by atoms with Gasteiger partial charge in [-0.2, -0.15) is 13.2 Å². The number of nitrogens with one attached hydrogen (secondary N) is 1. The van der Waals surface area contributed by atoms with Gasteiger partial charge in [0, 0.05) is 10.9 Å². The van der Waals surface area contributed by atoms with Crippen LogP contribution in [0.15, 0.2) is 47.1 Å². The van der Waals surface area contributed by atoms with E-state index in [9.17, 15) is 18.0 Å². The number of anilines is 1. The highest BCUT2D eigenvalue weighted by molar-refractivity contribution is 6.33. The van der Waals surface area contributed by atoms with E-state index in [2.05, 4.69) is 5.32 Å². The van der Waals surface area contributed by atoms with E-state index >= 15 is 0 Å². The Bertz CT molecular complexity index is 966. The van der Waals surface area contributed by atoms with Crippen LogP contribution in [-0.2, 0) is 17.4 Å². The molecule has 4 nitrogen and oxygen atoms in total. The number of hydrogen-bond acceptors (Lipinski definition) is 3. The minimum Gasteiger partial charge on any atom is -0.497 e. The molecule has 1 heterocycles. The molecule has 0 aliphatic rings. The highest BCUT2D eigenvalue weighted by atomic mass is 35.5. The van der Waals surface area contributed by atoms with Crippen LogP contribution in [0.5, 0.6) is 5.75 Å². The number of carbonyl (C=O) groups excluding carboxylic acids is 1. The Morgan fingerprint density at radius 2 is 2.00 bits per heavy atom. The molecule has 0 aliphatic carbocycles. The van der Waals surface area contributed by atoms with Gasteiger partial charge < -0.3 is 14.5 Å². The number of fused-ring (bicyclic) bond motifs is 1. The fourth-order valence-electron chi connectivity index (χ4n) is 2.49. The summed E-state index contributed by atoms with van der Waals surface area (Å²) in [4.78, 5) is 12.3. The average Bonchev–Trinajstić information content (AvgIpc) is 2.97. The second-order valence-corrected chi connectivity index (χ2v) is 5.95. The molecular weight excluding hydrogens is 371 g/mol. The van der Waals surface area contributed by atoms with E-state index in [1.807, 2.05) is 0 Å². The number of amides is 1. The number of benzene rings is 2. The molecule has 136 valence electrons. The van der Waals surface area contributed by atoms with Crippen LogP contribution in [0.3, 0.4) is 0 Å². The lowest BCUT2D eigenvalue weighted by molar-refractivity contribution is -0.137. The molecular formula is C18H13ClF3NO3. The predicted molar refractivity (Wildman–Crippen MR) is 91.6 cm³/mol. The van der Waals surface area contributed by atoms with Crippen LogP contribution in [0, 0.1) is 0 Å². The zero-order valence-electron chi connectivity index (χ0n) is 13.5. The van der Waals surface area contributed by atoms with Crippen molar-refractivity contribution in [3.63, 3.8) is 0 Å². The number of carbonyl (C=O) groups is 1. The Balaban J connectivity index is 1.82. The predicted octanol–water partition coefficient (Wildman–Crippen LogP) is 5.29. The molecule has 0 bridgehead atoms. The van der Waals surface area contributed by atoms with E-state index in [1.54, 1.807) is 18.2 Å². The summed E-state index contributed by atoms with van der Waals surface area (Å²) < 4.78 is 48.9. The molecule has 1 aromatic heterocycles. The van der Waals surface area contributed by atoms with Gasteiger partial charge in [-0.05, 0) is 36.4 Å². The van der Waals surface area contributed by atoms with E-state index in [4.69, 9.17) is 20.8 Å². The molecule has 26 heavy (non-hydrogen) atoms. The molecule has 3 aromatic rings. The number of rotatable bonds is 4. The first kappa shape index (κ1) is 18.1. The molecule has 8 heteroatoms. The van der Waals surface area contributed by atoms with Crippen LogP contribution in [0.1, 0.15) is 11.1 Å². The topological polar surface area (TPSA) is 51.5 Å². The van der Waals surface area contributed by atoms with Crippen LogP contribution in [0.2, 0.25) is 5.02 Å². The van der Waals surface area contributed by atoms with Gasteiger partial charge in [0.15, 0.2) is 0 Å². The maximum atomic E-state index is 12.8. The number of ether oxygens (including phenoxy) is 1. The van der Waals surface area contributed by atoms with Crippen LogP contribution in [0.4, 0.5) is 18.9 Å². The molecule has 0 aliphatic heterocycles. The van der Waals surface area contributed by atoms with Gasteiger partial charge in [-0.25, -0.2) is 0 Å². The highest BCUT2D eigenvalue weighted by Gasteiger charge is 2.31. The Kier molecular flexibility index (Phi) is 4.82. The molecule has 0 saturated heterocycles. The third-order valence-electron chi connectivity index (χ3n) is 3.78. The van der Waals surface area contributed by atoms with E-state index < -0.39 is 17.6 Å². The largest absolute Gasteiger partial charge is 0.497 e. The smallest absolute Gasteiger partial charge is 0.416 e. The highest BCUT2D eigenvalue weighted by Crippen LogP contribution is 2.34. The van der Waals surface area contributed by atoms with Crippen LogP contribution >= 0.6 is 11.6 Å². The van der Waals surface area contributed by atoms with E-state index in [0.29, 0.717) is 22.3 Å². The van der Waals surface area contributed by atoms with Gasteiger partial charge in [-0.1, -0.05) is 11.6 Å². The monoisotopic (exact) mass is 383 g/mol. The van der Waals surface area contributed by atoms with E-state index in [0.717, 1.165) is 18.2 Å². The second kappa shape index (κ2) is 6.92. The summed E-state index contributed by atoms with van der Waals surface area (Å²) in [6.07, 6.45) is -3.19. The number of methoxy groups -OCH3 is 1. The summed E-state index contributed by atoms with van der Waals surface area (Å²) in [5, 5.41) is 3.12. The van der Waals surface area contributed by atoms with Crippen molar-refractivity contribution in [2.75, 3.05) is 12.4 Å². The number of furan rings is 1. The zero-order valence-corrected chi connectivity index (χ0v) is 14.2. The van der Waals surface area contributed by atoms with Gasteiger partial charge in [0.25, 0.3) is 0 Å². The van der Waals surface area contributed by atoms with Crippen molar-refractivity contribution >= 4 is 34.2 Å². The summed E-state index contributed by atoms with van der Waals surface area (Å²) >= 11 is 5.89. The summed E-state index contributed by atoms with van der Waals surface area (Å²) in [5.41, 5.74) is 0.165. The molecule has 0 fully saturated rings. The van der Waals surface area contributed by atoms with Crippen LogP contribution in [0.25, 0.3) is 11.0 Å². The third-order valence-corrected chi connectivity index (χ3v) is 4.11. The fourth-order valence-corrected chi connectivity index (χ4v) is 2.65. The molecule has 2 aromatic carbocycles.